The molecule has 1 amide bonds. The molecule has 26 heavy (non-hydrogen) atoms. The maximum absolute atomic E-state index is 12.1. The van der Waals surface area contributed by atoms with Crippen LogP contribution in [0, 0.1) is 5.92 Å². The van der Waals surface area contributed by atoms with Crippen LogP contribution < -0.4 is 10.6 Å². The SMILES string of the molecule is CN=C(NCCCCN1CCN(C)CC1)NC1CCN(C(=O)C(C)C)C1. The van der Waals surface area contributed by atoms with Gasteiger partial charge in [-0.3, -0.25) is 9.79 Å². The lowest BCUT2D eigenvalue weighted by Crippen LogP contribution is -2.46. The summed E-state index contributed by atoms with van der Waals surface area (Å²) >= 11 is 0. The van der Waals surface area contributed by atoms with Gasteiger partial charge in [0, 0.05) is 64.8 Å². The number of likely N-dealkylation sites (N-methyl/N-ethyl adjacent to an activating group) is 1. The smallest absolute Gasteiger partial charge is 0.225 e. The van der Waals surface area contributed by atoms with E-state index in [0.29, 0.717) is 6.04 Å². The monoisotopic (exact) mass is 366 g/mol. The van der Waals surface area contributed by atoms with E-state index in [-0.39, 0.29) is 11.8 Å². The van der Waals surface area contributed by atoms with E-state index in [4.69, 9.17) is 0 Å². The Bertz CT molecular complexity index is 459. The molecule has 1 unspecified atom stereocenters. The third-order valence-corrected chi connectivity index (χ3v) is 5.35. The molecule has 2 aliphatic rings. The molecule has 2 fully saturated rings. The van der Waals surface area contributed by atoms with Gasteiger partial charge in [0.25, 0.3) is 0 Å². The number of rotatable bonds is 7. The lowest BCUT2D eigenvalue weighted by atomic mass is 10.2. The van der Waals surface area contributed by atoms with Gasteiger partial charge in [0.05, 0.1) is 0 Å². The molecule has 0 bridgehead atoms. The summed E-state index contributed by atoms with van der Waals surface area (Å²) in [5.41, 5.74) is 0. The largest absolute Gasteiger partial charge is 0.356 e. The summed E-state index contributed by atoms with van der Waals surface area (Å²) in [5, 5.41) is 6.88. The van der Waals surface area contributed by atoms with E-state index >= 15 is 0 Å². The number of piperazine rings is 1. The van der Waals surface area contributed by atoms with Gasteiger partial charge in [0.2, 0.25) is 5.91 Å². The molecule has 2 N–H and O–H groups in total. The molecular weight excluding hydrogens is 328 g/mol. The first kappa shape index (κ1) is 21.0. The molecule has 2 aliphatic heterocycles. The predicted molar refractivity (Wildman–Crippen MR) is 107 cm³/mol. The number of hydrogen-bond acceptors (Lipinski definition) is 4. The summed E-state index contributed by atoms with van der Waals surface area (Å²) in [7, 11) is 4.01. The molecule has 2 heterocycles. The second-order valence-electron chi connectivity index (χ2n) is 7.92. The number of unbranched alkanes of at least 4 members (excludes halogenated alkanes) is 1. The van der Waals surface area contributed by atoms with Crippen LogP contribution >= 0.6 is 0 Å². The molecule has 0 aromatic carbocycles. The Kier molecular flexibility index (Phi) is 8.65. The standard InChI is InChI=1S/C19H38N6O/c1-16(2)18(26)25-10-7-17(15-25)22-19(20-3)21-8-5-6-9-24-13-11-23(4)12-14-24/h16-17H,5-15H2,1-4H3,(H2,20,21,22). The fourth-order valence-electron chi connectivity index (χ4n) is 3.57. The topological polar surface area (TPSA) is 63.2 Å². The molecule has 0 spiro atoms. The van der Waals surface area contributed by atoms with E-state index in [1.165, 1.54) is 39.1 Å². The third kappa shape index (κ3) is 6.76. The first-order valence-corrected chi connectivity index (χ1v) is 10.2. The number of amides is 1. The zero-order valence-electron chi connectivity index (χ0n) is 17.1. The van der Waals surface area contributed by atoms with Crippen LogP contribution in [0.2, 0.25) is 0 Å². The van der Waals surface area contributed by atoms with Crippen molar-refractivity contribution >= 4 is 11.9 Å². The molecule has 0 aromatic rings. The Morgan fingerprint density at radius 1 is 1.15 bits per heavy atom. The zero-order valence-corrected chi connectivity index (χ0v) is 17.1. The van der Waals surface area contributed by atoms with Crippen molar-refractivity contribution in [2.45, 2.75) is 39.2 Å². The Morgan fingerprint density at radius 2 is 1.88 bits per heavy atom. The maximum atomic E-state index is 12.1. The van der Waals surface area contributed by atoms with Crippen LogP contribution in [0.5, 0.6) is 0 Å². The predicted octanol–water partition coefficient (Wildman–Crippen LogP) is 0.436. The van der Waals surface area contributed by atoms with Crippen LogP contribution in [0.1, 0.15) is 33.1 Å². The first-order chi connectivity index (χ1) is 12.5. The van der Waals surface area contributed by atoms with Crippen LogP contribution in [0.3, 0.4) is 0 Å². The second-order valence-corrected chi connectivity index (χ2v) is 7.92. The normalized spacial score (nSPS) is 22.9. The quantitative estimate of drug-likeness (QED) is 0.389. The molecule has 0 aromatic heterocycles. The van der Waals surface area contributed by atoms with Gasteiger partial charge in [-0.15, -0.1) is 0 Å². The highest BCUT2D eigenvalue weighted by atomic mass is 16.2. The minimum atomic E-state index is 0.0755. The van der Waals surface area contributed by atoms with Gasteiger partial charge in [-0.1, -0.05) is 13.8 Å². The number of nitrogens with zero attached hydrogens (tertiary/aromatic N) is 4. The Balaban J connectivity index is 1.57. The van der Waals surface area contributed by atoms with Crippen LogP contribution in [-0.4, -0.2) is 99.1 Å². The zero-order chi connectivity index (χ0) is 18.9. The van der Waals surface area contributed by atoms with Crippen molar-refractivity contribution in [1.29, 1.82) is 0 Å². The average Bonchev–Trinajstić information content (AvgIpc) is 3.09. The molecule has 0 aliphatic carbocycles. The number of likely N-dealkylation sites (tertiary alicyclic amines) is 1. The molecule has 0 saturated carbocycles. The lowest BCUT2D eigenvalue weighted by molar-refractivity contribution is -0.133. The highest BCUT2D eigenvalue weighted by molar-refractivity contribution is 5.81. The van der Waals surface area contributed by atoms with Crippen molar-refractivity contribution < 1.29 is 4.79 Å². The van der Waals surface area contributed by atoms with Crippen molar-refractivity contribution in [3.63, 3.8) is 0 Å². The fourth-order valence-corrected chi connectivity index (χ4v) is 3.57. The van der Waals surface area contributed by atoms with E-state index in [1.54, 1.807) is 0 Å². The number of carbonyl (C=O) groups excluding carboxylic acids is 1. The number of carbonyl (C=O) groups is 1. The Morgan fingerprint density at radius 3 is 2.54 bits per heavy atom. The first-order valence-electron chi connectivity index (χ1n) is 10.2. The third-order valence-electron chi connectivity index (χ3n) is 5.35. The minimum absolute atomic E-state index is 0.0755. The number of aliphatic imine (C=N–C) groups is 1. The molecule has 0 radical (unpaired) electrons. The van der Waals surface area contributed by atoms with Crippen molar-refractivity contribution in [2.24, 2.45) is 10.9 Å². The van der Waals surface area contributed by atoms with Crippen molar-refractivity contribution in [1.82, 2.24) is 25.3 Å². The summed E-state index contributed by atoms with van der Waals surface area (Å²) in [6, 6.07) is 0.300. The fraction of sp³-hybridized carbons (Fsp3) is 0.895. The highest BCUT2D eigenvalue weighted by Gasteiger charge is 2.27. The van der Waals surface area contributed by atoms with Crippen LogP contribution in [0.15, 0.2) is 4.99 Å². The van der Waals surface area contributed by atoms with Crippen LogP contribution in [0.4, 0.5) is 0 Å². The highest BCUT2D eigenvalue weighted by Crippen LogP contribution is 2.12. The van der Waals surface area contributed by atoms with Gasteiger partial charge in [-0.05, 0) is 32.9 Å². The lowest BCUT2D eigenvalue weighted by Gasteiger charge is -2.32. The molecular formula is C19H38N6O. The van der Waals surface area contributed by atoms with Gasteiger partial charge >= 0.3 is 0 Å². The van der Waals surface area contributed by atoms with Gasteiger partial charge in [0.1, 0.15) is 0 Å². The summed E-state index contributed by atoms with van der Waals surface area (Å²) in [6.45, 7) is 12.4. The number of hydrogen-bond donors (Lipinski definition) is 2. The summed E-state index contributed by atoms with van der Waals surface area (Å²) < 4.78 is 0. The molecule has 1 atom stereocenters. The van der Waals surface area contributed by atoms with E-state index < -0.39 is 0 Å². The van der Waals surface area contributed by atoms with Crippen LogP contribution in [0.25, 0.3) is 0 Å². The van der Waals surface area contributed by atoms with Gasteiger partial charge in [0.15, 0.2) is 5.96 Å². The summed E-state index contributed by atoms with van der Waals surface area (Å²) in [4.78, 5) is 23.3. The number of guanidine groups is 1. The van der Waals surface area contributed by atoms with Crippen molar-refractivity contribution in [3.05, 3.63) is 0 Å². The molecule has 7 nitrogen and oxygen atoms in total. The van der Waals surface area contributed by atoms with E-state index in [9.17, 15) is 4.79 Å². The summed E-state index contributed by atoms with van der Waals surface area (Å²) in [5.74, 6) is 1.18. The van der Waals surface area contributed by atoms with E-state index in [0.717, 1.165) is 38.4 Å². The van der Waals surface area contributed by atoms with Gasteiger partial charge in [-0.2, -0.15) is 0 Å². The Labute approximate surface area is 159 Å². The average molecular weight is 367 g/mol. The van der Waals surface area contributed by atoms with Crippen LogP contribution in [-0.2, 0) is 4.79 Å². The van der Waals surface area contributed by atoms with Gasteiger partial charge < -0.3 is 25.3 Å². The van der Waals surface area contributed by atoms with Crippen molar-refractivity contribution in [2.75, 3.05) is 66.5 Å². The van der Waals surface area contributed by atoms with E-state index in [2.05, 4.69) is 32.5 Å². The molecule has 2 rings (SSSR count). The Hall–Kier alpha value is -1.34. The van der Waals surface area contributed by atoms with E-state index in [1.807, 2.05) is 25.8 Å². The molecule has 150 valence electrons. The van der Waals surface area contributed by atoms with Gasteiger partial charge in [-0.25, -0.2) is 0 Å². The summed E-state index contributed by atoms with van der Waals surface area (Å²) in [6.07, 6.45) is 3.35. The second kappa shape index (κ2) is 10.7. The van der Waals surface area contributed by atoms with Crippen molar-refractivity contribution in [3.8, 4) is 0 Å². The maximum Gasteiger partial charge on any atom is 0.225 e. The minimum Gasteiger partial charge on any atom is -0.356 e. The molecule has 2 saturated heterocycles. The number of nitrogens with one attached hydrogen (secondary N) is 2. The molecule has 7 heteroatoms.